The van der Waals surface area contributed by atoms with Crippen LogP contribution in [0.25, 0.3) is 43.8 Å². The van der Waals surface area contributed by atoms with Crippen LogP contribution >= 0.6 is 34.4 Å². The number of fused-ring (bicyclic) bond motifs is 2. The van der Waals surface area contributed by atoms with E-state index in [2.05, 4.69) is 80.9 Å². The van der Waals surface area contributed by atoms with E-state index in [4.69, 9.17) is 0 Å². The lowest BCUT2D eigenvalue weighted by Gasteiger charge is -1.97. The first kappa shape index (κ1) is 16.7. The number of benzene rings is 2. The second-order valence-electron chi connectivity index (χ2n) is 6.13. The lowest BCUT2D eigenvalue weighted by Crippen LogP contribution is -2.33. The third-order valence-electron chi connectivity index (χ3n) is 4.52. The molecule has 3 aromatic heterocycles. The standard InChI is InChI=1S/C21H16N3S3/c1-2-24-17-8-3-4-9-19(17)26-20(24)13-11-14-10-12-18(25-14)15-6-5-7-16-21(15)23-27-22-16/h3-13H,2H2,1H3/q+1/b13-11+. The maximum atomic E-state index is 4.46. The minimum absolute atomic E-state index is 0.970. The summed E-state index contributed by atoms with van der Waals surface area (Å²) >= 11 is 4.90. The van der Waals surface area contributed by atoms with Crippen molar-refractivity contribution in [3.05, 3.63) is 64.5 Å². The van der Waals surface area contributed by atoms with E-state index >= 15 is 0 Å². The zero-order valence-electron chi connectivity index (χ0n) is 14.6. The van der Waals surface area contributed by atoms with Gasteiger partial charge in [-0.25, -0.2) is 0 Å². The average molecular weight is 407 g/mol. The zero-order valence-corrected chi connectivity index (χ0v) is 17.1. The number of aromatic nitrogens is 3. The maximum absolute atomic E-state index is 4.46. The molecule has 0 saturated heterocycles. The summed E-state index contributed by atoms with van der Waals surface area (Å²) in [6.07, 6.45) is 4.44. The van der Waals surface area contributed by atoms with E-state index in [0.29, 0.717) is 0 Å². The van der Waals surface area contributed by atoms with Crippen LogP contribution in [0.15, 0.2) is 54.6 Å². The average Bonchev–Trinajstić information content (AvgIpc) is 3.43. The molecule has 3 heterocycles. The van der Waals surface area contributed by atoms with E-state index < -0.39 is 0 Å². The minimum atomic E-state index is 0.970. The molecule has 0 radical (unpaired) electrons. The Morgan fingerprint density at radius 3 is 2.78 bits per heavy atom. The summed E-state index contributed by atoms with van der Waals surface area (Å²) in [7, 11) is 0. The number of aryl methyl sites for hydroxylation is 1. The highest BCUT2D eigenvalue weighted by atomic mass is 32.1. The highest BCUT2D eigenvalue weighted by molar-refractivity contribution is 7.19. The van der Waals surface area contributed by atoms with E-state index in [1.54, 1.807) is 11.3 Å². The normalized spacial score (nSPS) is 11.9. The summed E-state index contributed by atoms with van der Waals surface area (Å²) in [5.41, 5.74) is 4.43. The van der Waals surface area contributed by atoms with Crippen molar-refractivity contribution in [2.75, 3.05) is 0 Å². The Kier molecular flexibility index (Phi) is 4.32. The van der Waals surface area contributed by atoms with E-state index in [1.165, 1.54) is 36.7 Å². The number of nitrogens with zero attached hydrogens (tertiary/aromatic N) is 3. The summed E-state index contributed by atoms with van der Waals surface area (Å²) in [6, 6.07) is 19.1. The number of rotatable bonds is 4. The molecule has 0 spiro atoms. The van der Waals surface area contributed by atoms with Crippen molar-refractivity contribution in [2.24, 2.45) is 0 Å². The predicted octanol–water partition coefficient (Wildman–Crippen LogP) is 6.11. The Morgan fingerprint density at radius 1 is 0.926 bits per heavy atom. The molecule has 2 aromatic carbocycles. The molecule has 5 aromatic rings. The fourth-order valence-corrected chi connectivity index (χ4v) is 5.86. The molecule has 0 aliphatic carbocycles. The van der Waals surface area contributed by atoms with Gasteiger partial charge < -0.3 is 0 Å². The Labute approximate surface area is 169 Å². The molecule has 0 aliphatic rings. The smallest absolute Gasteiger partial charge is 0.182 e. The van der Waals surface area contributed by atoms with Crippen LogP contribution in [0.2, 0.25) is 0 Å². The molecule has 0 unspecified atom stereocenters. The fraction of sp³-hybridized carbons (Fsp3) is 0.0952. The minimum Gasteiger partial charge on any atom is -0.182 e. The topological polar surface area (TPSA) is 29.7 Å². The second kappa shape index (κ2) is 6.96. The van der Waals surface area contributed by atoms with Crippen LogP contribution < -0.4 is 4.57 Å². The molecule has 27 heavy (non-hydrogen) atoms. The molecule has 5 rings (SSSR count). The highest BCUT2D eigenvalue weighted by Gasteiger charge is 2.16. The lowest BCUT2D eigenvalue weighted by molar-refractivity contribution is -0.665. The molecule has 0 saturated carbocycles. The van der Waals surface area contributed by atoms with Gasteiger partial charge >= 0.3 is 0 Å². The first-order valence-corrected chi connectivity index (χ1v) is 11.1. The highest BCUT2D eigenvalue weighted by Crippen LogP contribution is 2.33. The van der Waals surface area contributed by atoms with Crippen molar-refractivity contribution >= 4 is 67.8 Å². The van der Waals surface area contributed by atoms with Crippen LogP contribution in [0.5, 0.6) is 0 Å². The molecule has 0 N–H and O–H groups in total. The number of thiophene rings is 1. The SMILES string of the molecule is CC[n+]1c(/C=C/c2ccc(-c3cccc4nsnc34)s2)sc2ccccc21. The molecule has 6 heteroatoms. The molecule has 0 bridgehead atoms. The van der Waals surface area contributed by atoms with Crippen molar-refractivity contribution in [1.82, 2.24) is 8.75 Å². The van der Waals surface area contributed by atoms with E-state index in [0.717, 1.165) is 23.1 Å². The number of hydrogen-bond donors (Lipinski definition) is 0. The Hall–Kier alpha value is -2.41. The zero-order chi connectivity index (χ0) is 18.2. The van der Waals surface area contributed by atoms with Crippen LogP contribution in [-0.4, -0.2) is 8.75 Å². The van der Waals surface area contributed by atoms with Crippen LogP contribution in [0.4, 0.5) is 0 Å². The summed E-state index contributed by atoms with van der Waals surface area (Å²) in [6.45, 7) is 3.17. The van der Waals surface area contributed by atoms with Gasteiger partial charge in [-0.2, -0.15) is 13.3 Å². The second-order valence-corrected chi connectivity index (χ2v) is 8.83. The summed E-state index contributed by atoms with van der Waals surface area (Å²) in [5.74, 6) is 0. The van der Waals surface area contributed by atoms with E-state index in [9.17, 15) is 0 Å². The Bertz CT molecular complexity index is 1280. The van der Waals surface area contributed by atoms with Crippen LogP contribution in [-0.2, 0) is 6.54 Å². The molecular weight excluding hydrogens is 390 g/mol. The fourth-order valence-electron chi connectivity index (χ4n) is 3.25. The van der Waals surface area contributed by atoms with Crippen molar-refractivity contribution < 1.29 is 4.57 Å². The van der Waals surface area contributed by atoms with Gasteiger partial charge in [-0.1, -0.05) is 35.6 Å². The van der Waals surface area contributed by atoms with Gasteiger partial charge in [0.1, 0.15) is 22.3 Å². The molecule has 0 fully saturated rings. The van der Waals surface area contributed by atoms with Gasteiger partial charge in [-0.15, -0.1) is 11.3 Å². The van der Waals surface area contributed by atoms with Crippen molar-refractivity contribution in [3.8, 4) is 10.4 Å². The van der Waals surface area contributed by atoms with Gasteiger partial charge in [0.25, 0.3) is 5.01 Å². The van der Waals surface area contributed by atoms with E-state index in [1.807, 2.05) is 17.4 Å². The third kappa shape index (κ3) is 3.00. The first-order valence-electron chi connectivity index (χ1n) is 8.74. The van der Waals surface area contributed by atoms with Gasteiger partial charge in [0.2, 0.25) is 5.52 Å². The van der Waals surface area contributed by atoms with Crippen molar-refractivity contribution in [2.45, 2.75) is 13.5 Å². The molecule has 0 atom stereocenters. The summed E-state index contributed by atoms with van der Waals surface area (Å²) in [5, 5.41) is 1.28. The van der Waals surface area contributed by atoms with Crippen molar-refractivity contribution in [1.29, 1.82) is 0 Å². The molecular formula is C21H16N3S3+. The number of thiazole rings is 1. The molecule has 132 valence electrons. The molecule has 0 aliphatic heterocycles. The Morgan fingerprint density at radius 2 is 1.85 bits per heavy atom. The van der Waals surface area contributed by atoms with Gasteiger partial charge in [0, 0.05) is 27.5 Å². The van der Waals surface area contributed by atoms with Crippen LogP contribution in [0.3, 0.4) is 0 Å². The number of para-hydroxylation sites is 1. The van der Waals surface area contributed by atoms with E-state index in [-0.39, 0.29) is 0 Å². The van der Waals surface area contributed by atoms with Crippen LogP contribution in [0, 0.1) is 0 Å². The van der Waals surface area contributed by atoms with Crippen molar-refractivity contribution in [3.63, 3.8) is 0 Å². The predicted molar refractivity (Wildman–Crippen MR) is 117 cm³/mol. The van der Waals surface area contributed by atoms with Gasteiger partial charge in [-0.3, -0.25) is 0 Å². The summed E-state index contributed by atoms with van der Waals surface area (Å²) in [4.78, 5) is 2.47. The first-order chi connectivity index (χ1) is 13.3. The summed E-state index contributed by atoms with van der Waals surface area (Å²) < 4.78 is 12.5. The van der Waals surface area contributed by atoms with Crippen LogP contribution in [0.1, 0.15) is 16.8 Å². The lowest BCUT2D eigenvalue weighted by atomic mass is 10.1. The molecule has 0 amide bonds. The monoisotopic (exact) mass is 406 g/mol. The quantitative estimate of drug-likeness (QED) is 0.337. The number of hydrogen-bond acceptors (Lipinski definition) is 5. The molecule has 3 nitrogen and oxygen atoms in total. The largest absolute Gasteiger partial charge is 0.262 e. The van der Waals surface area contributed by atoms with Gasteiger partial charge in [0.05, 0.1) is 11.7 Å². The van der Waals surface area contributed by atoms with Gasteiger partial charge in [-0.05, 0) is 37.3 Å². The maximum Gasteiger partial charge on any atom is 0.262 e. The Balaban J connectivity index is 1.50. The third-order valence-corrected chi connectivity index (χ3v) is 7.28. The van der Waals surface area contributed by atoms with Gasteiger partial charge in [0.15, 0.2) is 0 Å².